The minimum Gasteiger partial charge on any atom is -0.489 e. The van der Waals surface area contributed by atoms with Gasteiger partial charge in [0.15, 0.2) is 0 Å². The summed E-state index contributed by atoms with van der Waals surface area (Å²) in [6.45, 7) is 0.0859. The predicted octanol–water partition coefficient (Wildman–Crippen LogP) is 3.69. The van der Waals surface area contributed by atoms with Crippen LogP contribution in [0.4, 0.5) is 4.39 Å². The van der Waals surface area contributed by atoms with Crippen molar-refractivity contribution >= 4 is 28.8 Å². The van der Waals surface area contributed by atoms with Crippen molar-refractivity contribution in [3.63, 3.8) is 0 Å². The summed E-state index contributed by atoms with van der Waals surface area (Å²) in [7, 11) is 0. The second kappa shape index (κ2) is 5.99. The van der Waals surface area contributed by atoms with Crippen LogP contribution in [0.5, 0.6) is 5.75 Å². The van der Waals surface area contributed by atoms with Gasteiger partial charge in [-0.1, -0.05) is 29.9 Å². The largest absolute Gasteiger partial charge is 0.489 e. The van der Waals surface area contributed by atoms with Gasteiger partial charge in [0, 0.05) is 16.1 Å². The molecule has 0 aliphatic carbocycles. The maximum atomic E-state index is 13.6. The number of thiocarbonyl (C=S) groups is 1. The van der Waals surface area contributed by atoms with Crippen LogP contribution in [-0.4, -0.2) is 4.99 Å². The molecule has 0 aliphatic heterocycles. The molecular weight excluding hydrogens is 285 g/mol. The minimum atomic E-state index is -0.359. The molecule has 98 valence electrons. The molecule has 0 bridgehead atoms. The minimum absolute atomic E-state index is 0.0859. The Balaban J connectivity index is 2.15. The lowest BCUT2D eigenvalue weighted by Gasteiger charge is -2.09. The van der Waals surface area contributed by atoms with E-state index in [0.29, 0.717) is 21.9 Å². The van der Waals surface area contributed by atoms with Gasteiger partial charge in [0.05, 0.1) is 0 Å². The molecule has 2 aromatic carbocycles. The van der Waals surface area contributed by atoms with Gasteiger partial charge < -0.3 is 10.5 Å². The Morgan fingerprint density at radius 3 is 2.74 bits per heavy atom. The summed E-state index contributed by atoms with van der Waals surface area (Å²) in [5.41, 5.74) is 6.52. The van der Waals surface area contributed by atoms with Crippen molar-refractivity contribution in [3.05, 3.63) is 64.4 Å². The van der Waals surface area contributed by atoms with Gasteiger partial charge in [-0.3, -0.25) is 0 Å². The summed E-state index contributed by atoms with van der Waals surface area (Å²) in [5.74, 6) is 0.217. The summed E-state index contributed by atoms with van der Waals surface area (Å²) in [6, 6.07) is 11.4. The highest BCUT2D eigenvalue weighted by Gasteiger charge is 2.06. The van der Waals surface area contributed by atoms with E-state index in [4.69, 9.17) is 34.3 Å². The number of ether oxygens (including phenoxy) is 1. The van der Waals surface area contributed by atoms with Crippen LogP contribution in [0.3, 0.4) is 0 Å². The fourth-order valence-electron chi connectivity index (χ4n) is 1.56. The Morgan fingerprint density at radius 2 is 2.05 bits per heavy atom. The number of hydrogen-bond donors (Lipinski definition) is 1. The van der Waals surface area contributed by atoms with E-state index in [0.717, 1.165) is 0 Å². The van der Waals surface area contributed by atoms with Gasteiger partial charge in [-0.2, -0.15) is 0 Å². The molecule has 0 saturated carbocycles. The summed E-state index contributed by atoms with van der Waals surface area (Å²) >= 11 is 10.7. The number of rotatable bonds is 4. The molecule has 0 heterocycles. The molecule has 0 atom stereocenters. The molecule has 2 aromatic rings. The van der Waals surface area contributed by atoms with E-state index >= 15 is 0 Å². The van der Waals surface area contributed by atoms with Crippen LogP contribution in [0.25, 0.3) is 0 Å². The summed E-state index contributed by atoms with van der Waals surface area (Å²) < 4.78 is 19.1. The molecule has 5 heteroatoms. The second-order valence-electron chi connectivity index (χ2n) is 3.92. The van der Waals surface area contributed by atoms with E-state index in [-0.39, 0.29) is 17.4 Å². The first-order valence-electron chi connectivity index (χ1n) is 5.53. The van der Waals surface area contributed by atoms with E-state index in [9.17, 15) is 4.39 Å². The zero-order valence-electron chi connectivity index (χ0n) is 9.90. The van der Waals surface area contributed by atoms with Gasteiger partial charge in [0.2, 0.25) is 0 Å². The average molecular weight is 296 g/mol. The van der Waals surface area contributed by atoms with E-state index in [1.807, 2.05) is 0 Å². The van der Waals surface area contributed by atoms with Crippen molar-refractivity contribution in [2.24, 2.45) is 5.73 Å². The van der Waals surface area contributed by atoms with Crippen LogP contribution in [0.1, 0.15) is 11.1 Å². The van der Waals surface area contributed by atoms with Crippen LogP contribution in [0.2, 0.25) is 5.02 Å². The first-order valence-corrected chi connectivity index (χ1v) is 6.31. The molecule has 2 N–H and O–H groups in total. The molecule has 0 aliphatic rings. The van der Waals surface area contributed by atoms with E-state index in [1.165, 1.54) is 6.07 Å². The highest BCUT2D eigenvalue weighted by atomic mass is 35.5. The molecule has 2 rings (SSSR count). The predicted molar refractivity (Wildman–Crippen MR) is 78.1 cm³/mol. The van der Waals surface area contributed by atoms with Crippen molar-refractivity contribution in [2.75, 3.05) is 0 Å². The Kier molecular flexibility index (Phi) is 4.35. The molecule has 0 radical (unpaired) electrons. The van der Waals surface area contributed by atoms with Gasteiger partial charge in [0.1, 0.15) is 23.2 Å². The van der Waals surface area contributed by atoms with Gasteiger partial charge in [-0.05, 0) is 36.4 Å². The zero-order chi connectivity index (χ0) is 13.8. The van der Waals surface area contributed by atoms with Gasteiger partial charge >= 0.3 is 0 Å². The molecule has 2 nitrogen and oxygen atoms in total. The van der Waals surface area contributed by atoms with E-state index < -0.39 is 0 Å². The van der Waals surface area contributed by atoms with E-state index in [2.05, 4.69) is 0 Å². The van der Waals surface area contributed by atoms with Gasteiger partial charge in [-0.15, -0.1) is 0 Å². The molecule has 0 fully saturated rings. The molecule has 0 spiro atoms. The van der Waals surface area contributed by atoms with Crippen molar-refractivity contribution in [3.8, 4) is 5.75 Å². The highest BCUT2D eigenvalue weighted by molar-refractivity contribution is 7.80. The maximum absolute atomic E-state index is 13.6. The topological polar surface area (TPSA) is 35.2 Å². The van der Waals surface area contributed by atoms with Crippen molar-refractivity contribution in [1.82, 2.24) is 0 Å². The molecule has 0 amide bonds. The number of benzene rings is 2. The Morgan fingerprint density at radius 1 is 1.26 bits per heavy atom. The summed E-state index contributed by atoms with van der Waals surface area (Å²) in [5, 5.41) is 0.565. The number of hydrogen-bond acceptors (Lipinski definition) is 2. The van der Waals surface area contributed by atoms with Gasteiger partial charge in [-0.25, -0.2) is 4.39 Å². The molecule has 0 aromatic heterocycles. The number of halogens is 2. The van der Waals surface area contributed by atoms with Crippen LogP contribution < -0.4 is 10.5 Å². The van der Waals surface area contributed by atoms with Crippen molar-refractivity contribution in [2.45, 2.75) is 6.61 Å². The Bertz CT molecular complexity index is 618. The second-order valence-corrected chi connectivity index (χ2v) is 4.79. The van der Waals surface area contributed by atoms with Crippen molar-refractivity contribution < 1.29 is 9.13 Å². The van der Waals surface area contributed by atoms with Crippen LogP contribution in [0, 0.1) is 5.82 Å². The number of nitrogens with two attached hydrogens (primary N) is 1. The summed E-state index contributed by atoms with van der Waals surface area (Å²) in [4.78, 5) is 0.226. The fraction of sp³-hybridized carbons (Fsp3) is 0.0714. The van der Waals surface area contributed by atoms with Crippen LogP contribution >= 0.6 is 23.8 Å². The lowest BCUT2D eigenvalue weighted by atomic mass is 10.1. The molecule has 0 saturated heterocycles. The fourth-order valence-corrected chi connectivity index (χ4v) is 1.86. The first kappa shape index (κ1) is 13.8. The van der Waals surface area contributed by atoms with Crippen molar-refractivity contribution in [1.29, 1.82) is 0 Å². The summed E-state index contributed by atoms with van der Waals surface area (Å²) in [6.07, 6.45) is 0. The van der Waals surface area contributed by atoms with Gasteiger partial charge in [0.25, 0.3) is 0 Å². The third-order valence-corrected chi connectivity index (χ3v) is 2.99. The molecule has 0 unspecified atom stereocenters. The third kappa shape index (κ3) is 3.66. The smallest absolute Gasteiger partial charge is 0.129 e. The Hall–Kier alpha value is -1.65. The van der Waals surface area contributed by atoms with Crippen LogP contribution in [0.15, 0.2) is 42.5 Å². The average Bonchev–Trinajstić information content (AvgIpc) is 2.37. The van der Waals surface area contributed by atoms with E-state index in [1.54, 1.807) is 36.4 Å². The SMILES string of the molecule is NC(=S)c1ccc(F)c(COc2cccc(Cl)c2)c1. The molecular formula is C14H11ClFNOS. The Labute approximate surface area is 120 Å². The standard InChI is InChI=1S/C14H11ClFNOS/c15-11-2-1-3-12(7-11)18-8-10-6-9(14(17)19)4-5-13(10)16/h1-7H,8H2,(H2,17,19). The lowest BCUT2D eigenvalue weighted by molar-refractivity contribution is 0.300. The lowest BCUT2D eigenvalue weighted by Crippen LogP contribution is -2.10. The monoisotopic (exact) mass is 295 g/mol. The maximum Gasteiger partial charge on any atom is 0.129 e. The third-order valence-electron chi connectivity index (χ3n) is 2.52. The normalized spacial score (nSPS) is 10.2. The van der Waals surface area contributed by atoms with Crippen LogP contribution in [-0.2, 0) is 6.61 Å². The quantitative estimate of drug-likeness (QED) is 0.874. The zero-order valence-corrected chi connectivity index (χ0v) is 11.5. The first-order chi connectivity index (χ1) is 9.06. The highest BCUT2D eigenvalue weighted by Crippen LogP contribution is 2.19. The molecule has 19 heavy (non-hydrogen) atoms.